The Morgan fingerprint density at radius 1 is 1.47 bits per heavy atom. The van der Waals surface area contributed by atoms with Crippen LogP contribution < -0.4 is 9.64 Å². The van der Waals surface area contributed by atoms with Crippen molar-refractivity contribution in [2.24, 2.45) is 0 Å². The molecule has 4 nitrogen and oxygen atoms in total. The highest BCUT2D eigenvalue weighted by atomic mass is 35.5. The van der Waals surface area contributed by atoms with Gasteiger partial charge in [0, 0.05) is 12.7 Å². The summed E-state index contributed by atoms with van der Waals surface area (Å²) in [6.07, 6.45) is 0. The van der Waals surface area contributed by atoms with E-state index >= 15 is 0 Å². The van der Waals surface area contributed by atoms with E-state index in [0.29, 0.717) is 17.4 Å². The fourth-order valence-electron chi connectivity index (χ4n) is 1.38. The minimum Gasteiger partial charge on any atom is -0.495 e. The Hall–Kier alpha value is -1.42. The molecular weight excluding hydrogens is 242 g/mol. The lowest BCUT2D eigenvalue weighted by Gasteiger charge is -2.18. The monoisotopic (exact) mass is 257 g/mol. The fourth-order valence-corrected chi connectivity index (χ4v) is 1.64. The number of ether oxygens (including phenoxy) is 2. The number of carbonyl (C=O) groups excluding carboxylic acids is 1. The summed E-state index contributed by atoms with van der Waals surface area (Å²) in [4.78, 5) is 13.1. The lowest BCUT2D eigenvalue weighted by Crippen LogP contribution is -2.27. The summed E-state index contributed by atoms with van der Waals surface area (Å²) in [7, 11) is 3.36. The summed E-state index contributed by atoms with van der Waals surface area (Å²) < 4.78 is 9.93. The third-order valence-electron chi connectivity index (χ3n) is 2.25. The van der Waals surface area contributed by atoms with Crippen LogP contribution in [0, 0.1) is 0 Å². The van der Waals surface area contributed by atoms with E-state index in [1.165, 1.54) is 0 Å². The van der Waals surface area contributed by atoms with E-state index in [1.54, 1.807) is 38.1 Å². The molecule has 1 rings (SSSR count). The summed E-state index contributed by atoms with van der Waals surface area (Å²) in [5.74, 6) is 0.349. The van der Waals surface area contributed by atoms with E-state index in [2.05, 4.69) is 0 Å². The van der Waals surface area contributed by atoms with Crippen molar-refractivity contribution in [3.05, 3.63) is 23.2 Å². The van der Waals surface area contributed by atoms with Crippen molar-refractivity contribution < 1.29 is 14.3 Å². The molecule has 0 bridgehead atoms. The highest BCUT2D eigenvalue weighted by Gasteiger charge is 2.10. The number of esters is 1. The smallest absolute Gasteiger partial charge is 0.325 e. The van der Waals surface area contributed by atoms with Crippen LogP contribution in [0.2, 0.25) is 5.02 Å². The van der Waals surface area contributed by atoms with E-state index in [9.17, 15) is 4.79 Å². The quantitative estimate of drug-likeness (QED) is 0.759. The lowest BCUT2D eigenvalue weighted by molar-refractivity contribution is -0.141. The zero-order chi connectivity index (χ0) is 12.8. The van der Waals surface area contributed by atoms with Gasteiger partial charge < -0.3 is 14.4 Å². The predicted molar refractivity (Wildman–Crippen MR) is 67.9 cm³/mol. The number of anilines is 1. The molecule has 0 aliphatic rings. The minimum atomic E-state index is -0.262. The van der Waals surface area contributed by atoms with Gasteiger partial charge in [0.25, 0.3) is 0 Å². The van der Waals surface area contributed by atoms with E-state index in [-0.39, 0.29) is 12.5 Å². The van der Waals surface area contributed by atoms with Gasteiger partial charge in [-0.3, -0.25) is 4.79 Å². The Morgan fingerprint density at radius 2 is 2.18 bits per heavy atom. The number of carbonyl (C=O) groups is 1. The van der Waals surface area contributed by atoms with E-state index in [1.807, 2.05) is 6.07 Å². The van der Waals surface area contributed by atoms with Crippen LogP contribution in [-0.2, 0) is 9.53 Å². The van der Waals surface area contributed by atoms with Gasteiger partial charge in [-0.2, -0.15) is 0 Å². The number of nitrogens with zero attached hydrogens (tertiary/aromatic N) is 1. The molecule has 0 unspecified atom stereocenters. The van der Waals surface area contributed by atoms with Gasteiger partial charge in [0.2, 0.25) is 0 Å². The molecule has 0 atom stereocenters. The molecule has 1 aromatic carbocycles. The molecule has 17 heavy (non-hydrogen) atoms. The van der Waals surface area contributed by atoms with Gasteiger partial charge in [-0.05, 0) is 25.1 Å². The van der Waals surface area contributed by atoms with Crippen LogP contribution in [0.15, 0.2) is 18.2 Å². The zero-order valence-corrected chi connectivity index (χ0v) is 11.0. The molecule has 0 radical (unpaired) electrons. The van der Waals surface area contributed by atoms with Crippen molar-refractivity contribution in [1.82, 2.24) is 0 Å². The molecule has 94 valence electrons. The van der Waals surface area contributed by atoms with Crippen molar-refractivity contribution in [3.63, 3.8) is 0 Å². The second-order valence-electron chi connectivity index (χ2n) is 3.48. The van der Waals surface area contributed by atoms with Crippen LogP contribution in [0.5, 0.6) is 5.75 Å². The van der Waals surface area contributed by atoms with Crippen LogP contribution in [0.4, 0.5) is 5.69 Å². The molecule has 0 saturated heterocycles. The molecule has 0 heterocycles. The van der Waals surface area contributed by atoms with E-state index < -0.39 is 0 Å². The molecule has 0 aliphatic heterocycles. The maximum absolute atomic E-state index is 11.3. The number of benzene rings is 1. The first-order chi connectivity index (χ1) is 8.08. The van der Waals surface area contributed by atoms with Crippen molar-refractivity contribution >= 4 is 23.3 Å². The largest absolute Gasteiger partial charge is 0.495 e. The molecule has 5 heteroatoms. The molecule has 0 aromatic heterocycles. The number of halogens is 1. The lowest BCUT2D eigenvalue weighted by atomic mass is 10.3. The highest BCUT2D eigenvalue weighted by molar-refractivity contribution is 6.32. The molecule has 0 amide bonds. The first-order valence-corrected chi connectivity index (χ1v) is 5.66. The van der Waals surface area contributed by atoms with Crippen LogP contribution in [0.25, 0.3) is 0 Å². The van der Waals surface area contributed by atoms with Crippen LogP contribution >= 0.6 is 11.6 Å². The second kappa shape index (κ2) is 6.35. The third-order valence-corrected chi connectivity index (χ3v) is 2.54. The number of hydrogen-bond acceptors (Lipinski definition) is 4. The van der Waals surface area contributed by atoms with Gasteiger partial charge in [-0.25, -0.2) is 0 Å². The van der Waals surface area contributed by atoms with E-state index in [0.717, 1.165) is 5.69 Å². The number of rotatable bonds is 5. The number of hydrogen-bond donors (Lipinski definition) is 0. The molecule has 0 N–H and O–H groups in total. The average molecular weight is 258 g/mol. The third kappa shape index (κ3) is 3.82. The molecule has 0 fully saturated rings. The molecule has 0 aliphatic carbocycles. The Bertz CT molecular complexity index is 395. The van der Waals surface area contributed by atoms with Gasteiger partial charge in [0.05, 0.1) is 18.7 Å². The van der Waals surface area contributed by atoms with Crippen molar-refractivity contribution in [2.45, 2.75) is 6.92 Å². The standard InChI is InChI=1S/C12H16ClNO3/c1-4-17-12(15)8-14(2)9-5-6-11(16-3)10(13)7-9/h5-7H,4,8H2,1-3H3. The Balaban J connectivity index is 2.72. The van der Waals surface area contributed by atoms with Crippen molar-refractivity contribution in [3.8, 4) is 5.75 Å². The van der Waals surface area contributed by atoms with Gasteiger partial charge in [0.1, 0.15) is 12.3 Å². The van der Waals surface area contributed by atoms with E-state index in [4.69, 9.17) is 21.1 Å². The fraction of sp³-hybridized carbons (Fsp3) is 0.417. The van der Waals surface area contributed by atoms with Gasteiger partial charge in [0.15, 0.2) is 0 Å². The number of methoxy groups -OCH3 is 1. The van der Waals surface area contributed by atoms with Crippen LogP contribution in [0.3, 0.4) is 0 Å². The first-order valence-electron chi connectivity index (χ1n) is 5.28. The SMILES string of the molecule is CCOC(=O)CN(C)c1ccc(OC)c(Cl)c1. The number of likely N-dealkylation sites (N-methyl/N-ethyl adjacent to an activating group) is 1. The summed E-state index contributed by atoms with van der Waals surface area (Å²) >= 11 is 6.00. The van der Waals surface area contributed by atoms with Gasteiger partial charge in [-0.1, -0.05) is 11.6 Å². The molecule has 0 saturated carbocycles. The summed E-state index contributed by atoms with van der Waals surface area (Å²) in [5, 5.41) is 0.515. The maximum atomic E-state index is 11.3. The summed E-state index contributed by atoms with van der Waals surface area (Å²) in [5.41, 5.74) is 0.837. The average Bonchev–Trinajstić information content (AvgIpc) is 2.29. The topological polar surface area (TPSA) is 38.8 Å². The van der Waals surface area contributed by atoms with Crippen molar-refractivity contribution in [1.29, 1.82) is 0 Å². The van der Waals surface area contributed by atoms with Gasteiger partial charge >= 0.3 is 5.97 Å². The minimum absolute atomic E-state index is 0.191. The molecule has 1 aromatic rings. The zero-order valence-electron chi connectivity index (χ0n) is 10.2. The second-order valence-corrected chi connectivity index (χ2v) is 3.89. The van der Waals surface area contributed by atoms with Crippen LogP contribution in [-0.4, -0.2) is 33.3 Å². The Labute approximate surface area is 106 Å². The predicted octanol–water partition coefficient (Wildman–Crippen LogP) is 2.35. The van der Waals surface area contributed by atoms with Crippen LogP contribution in [0.1, 0.15) is 6.92 Å². The Kier molecular flexibility index (Phi) is 5.10. The normalized spacial score (nSPS) is 9.88. The molecular formula is C12H16ClNO3. The molecule has 0 spiro atoms. The van der Waals surface area contributed by atoms with Crippen molar-refractivity contribution in [2.75, 3.05) is 32.2 Å². The highest BCUT2D eigenvalue weighted by Crippen LogP contribution is 2.28. The maximum Gasteiger partial charge on any atom is 0.325 e. The summed E-state index contributed by atoms with van der Waals surface area (Å²) in [6, 6.07) is 5.35. The first kappa shape index (κ1) is 13.6. The summed E-state index contributed by atoms with van der Waals surface area (Å²) in [6.45, 7) is 2.36. The van der Waals surface area contributed by atoms with Gasteiger partial charge in [-0.15, -0.1) is 0 Å². The Morgan fingerprint density at radius 3 is 2.71 bits per heavy atom.